The number of amides is 2. The summed E-state index contributed by atoms with van der Waals surface area (Å²) in [5, 5.41) is 6.73. The SMILES string of the molecule is CC(=O)NC(Cc1c[nH]c2ccccc12)C(=O)NCC1CCN(c2ccc(F)c(F)c2)C1. The summed E-state index contributed by atoms with van der Waals surface area (Å²) in [6.45, 7) is 3.18. The van der Waals surface area contributed by atoms with Crippen molar-refractivity contribution in [2.45, 2.75) is 25.8 Å². The van der Waals surface area contributed by atoms with Gasteiger partial charge in [0.05, 0.1) is 0 Å². The highest BCUT2D eigenvalue weighted by atomic mass is 19.2. The van der Waals surface area contributed by atoms with Crippen LogP contribution in [0, 0.1) is 17.6 Å². The topological polar surface area (TPSA) is 77.2 Å². The molecule has 0 radical (unpaired) electrons. The molecule has 2 amide bonds. The van der Waals surface area contributed by atoms with Gasteiger partial charge >= 0.3 is 0 Å². The maximum Gasteiger partial charge on any atom is 0.242 e. The van der Waals surface area contributed by atoms with E-state index in [0.29, 0.717) is 31.7 Å². The minimum Gasteiger partial charge on any atom is -0.371 e. The van der Waals surface area contributed by atoms with E-state index in [9.17, 15) is 18.4 Å². The van der Waals surface area contributed by atoms with Gasteiger partial charge in [-0.2, -0.15) is 0 Å². The zero-order valence-corrected chi connectivity index (χ0v) is 17.8. The van der Waals surface area contributed by atoms with Crippen LogP contribution in [0.5, 0.6) is 0 Å². The molecule has 2 atom stereocenters. The molecule has 4 rings (SSSR count). The normalized spacial score (nSPS) is 16.8. The number of carbonyl (C=O) groups is 2. The third-order valence-corrected chi connectivity index (χ3v) is 5.91. The van der Waals surface area contributed by atoms with Gasteiger partial charge in [-0.25, -0.2) is 8.78 Å². The fraction of sp³-hybridized carbons (Fsp3) is 0.333. The van der Waals surface area contributed by atoms with Crippen LogP contribution in [0.15, 0.2) is 48.7 Å². The highest BCUT2D eigenvalue weighted by Crippen LogP contribution is 2.25. The molecule has 0 bridgehead atoms. The fourth-order valence-electron chi connectivity index (χ4n) is 4.26. The molecule has 0 aliphatic carbocycles. The smallest absolute Gasteiger partial charge is 0.242 e. The quantitative estimate of drug-likeness (QED) is 0.528. The second kappa shape index (κ2) is 9.38. The lowest BCUT2D eigenvalue weighted by atomic mass is 10.0. The Labute approximate surface area is 185 Å². The van der Waals surface area contributed by atoms with Crippen LogP contribution in [0.1, 0.15) is 18.9 Å². The number of hydrogen-bond donors (Lipinski definition) is 3. The molecule has 6 nitrogen and oxygen atoms in total. The van der Waals surface area contributed by atoms with Crippen molar-refractivity contribution in [3.63, 3.8) is 0 Å². The molecule has 3 aromatic rings. The molecular weight excluding hydrogens is 414 g/mol. The molecule has 8 heteroatoms. The van der Waals surface area contributed by atoms with Crippen LogP contribution in [-0.4, -0.2) is 42.5 Å². The molecule has 1 aliphatic rings. The summed E-state index contributed by atoms with van der Waals surface area (Å²) in [5.41, 5.74) is 2.57. The molecule has 1 fully saturated rings. The van der Waals surface area contributed by atoms with E-state index in [1.807, 2.05) is 35.4 Å². The van der Waals surface area contributed by atoms with Gasteiger partial charge in [-0.05, 0) is 36.1 Å². The Morgan fingerprint density at radius 3 is 2.78 bits per heavy atom. The van der Waals surface area contributed by atoms with Gasteiger partial charge in [0.2, 0.25) is 11.8 Å². The van der Waals surface area contributed by atoms with E-state index in [0.717, 1.165) is 29.0 Å². The lowest BCUT2D eigenvalue weighted by molar-refractivity contribution is -0.128. The zero-order valence-electron chi connectivity index (χ0n) is 17.8. The summed E-state index contributed by atoms with van der Waals surface area (Å²) in [6.07, 6.45) is 3.07. The highest BCUT2D eigenvalue weighted by Gasteiger charge is 2.26. The largest absolute Gasteiger partial charge is 0.371 e. The van der Waals surface area contributed by atoms with E-state index in [-0.39, 0.29) is 17.7 Å². The third kappa shape index (κ3) is 4.90. The number of para-hydroxylation sites is 1. The second-order valence-electron chi connectivity index (χ2n) is 8.26. The van der Waals surface area contributed by atoms with Crippen molar-refractivity contribution in [3.8, 4) is 0 Å². The van der Waals surface area contributed by atoms with Crippen LogP contribution < -0.4 is 15.5 Å². The number of nitrogens with zero attached hydrogens (tertiary/aromatic N) is 1. The molecule has 168 valence electrons. The summed E-state index contributed by atoms with van der Waals surface area (Å²) in [6, 6.07) is 11.0. The van der Waals surface area contributed by atoms with Crippen LogP contribution in [-0.2, 0) is 16.0 Å². The van der Waals surface area contributed by atoms with Crippen LogP contribution in [0.2, 0.25) is 0 Å². The Hall–Kier alpha value is -3.42. The molecule has 2 aromatic carbocycles. The fourth-order valence-corrected chi connectivity index (χ4v) is 4.26. The van der Waals surface area contributed by atoms with E-state index in [1.165, 1.54) is 13.0 Å². The number of anilines is 1. The van der Waals surface area contributed by atoms with Crippen molar-refractivity contribution < 1.29 is 18.4 Å². The molecule has 3 N–H and O–H groups in total. The average Bonchev–Trinajstić information content (AvgIpc) is 3.41. The molecule has 0 saturated carbocycles. The van der Waals surface area contributed by atoms with E-state index in [4.69, 9.17) is 0 Å². The van der Waals surface area contributed by atoms with Crippen molar-refractivity contribution in [3.05, 3.63) is 65.9 Å². The van der Waals surface area contributed by atoms with Gasteiger partial charge in [0.15, 0.2) is 11.6 Å². The number of aromatic amines is 1. The molecule has 32 heavy (non-hydrogen) atoms. The summed E-state index contributed by atoms with van der Waals surface area (Å²) < 4.78 is 26.7. The molecule has 0 spiro atoms. The first-order valence-electron chi connectivity index (χ1n) is 10.7. The first-order chi connectivity index (χ1) is 15.4. The maximum absolute atomic E-state index is 13.5. The number of nitrogens with one attached hydrogen (secondary N) is 3. The van der Waals surface area contributed by atoms with Crippen molar-refractivity contribution in [2.24, 2.45) is 5.92 Å². The molecular formula is C24H26F2N4O2. The van der Waals surface area contributed by atoms with E-state index >= 15 is 0 Å². The van der Waals surface area contributed by atoms with Crippen LogP contribution in [0.4, 0.5) is 14.5 Å². The van der Waals surface area contributed by atoms with E-state index < -0.39 is 17.7 Å². The summed E-state index contributed by atoms with van der Waals surface area (Å²) in [7, 11) is 0. The van der Waals surface area contributed by atoms with Crippen molar-refractivity contribution in [1.82, 2.24) is 15.6 Å². The molecule has 2 heterocycles. The summed E-state index contributed by atoms with van der Waals surface area (Å²) in [5.74, 6) is -2.06. The summed E-state index contributed by atoms with van der Waals surface area (Å²) in [4.78, 5) is 29.8. The molecule has 1 aliphatic heterocycles. The first kappa shape index (κ1) is 21.8. The van der Waals surface area contributed by atoms with Crippen molar-refractivity contribution >= 4 is 28.4 Å². The minimum atomic E-state index is -0.866. The van der Waals surface area contributed by atoms with Gasteiger partial charge in [0.25, 0.3) is 0 Å². The predicted octanol–water partition coefficient (Wildman–Crippen LogP) is 3.14. The van der Waals surface area contributed by atoms with Gasteiger partial charge in [0.1, 0.15) is 6.04 Å². The molecule has 1 aromatic heterocycles. The van der Waals surface area contributed by atoms with Crippen LogP contribution in [0.3, 0.4) is 0 Å². The Morgan fingerprint density at radius 2 is 2.00 bits per heavy atom. The number of rotatable bonds is 7. The molecule has 2 unspecified atom stereocenters. The second-order valence-corrected chi connectivity index (χ2v) is 8.26. The summed E-state index contributed by atoms with van der Waals surface area (Å²) >= 11 is 0. The van der Waals surface area contributed by atoms with Crippen molar-refractivity contribution in [2.75, 3.05) is 24.5 Å². The number of fused-ring (bicyclic) bond motifs is 1. The van der Waals surface area contributed by atoms with E-state index in [2.05, 4.69) is 15.6 Å². The van der Waals surface area contributed by atoms with Gasteiger partial charge in [0, 0.05) is 61.8 Å². The number of carbonyl (C=O) groups excluding carboxylic acids is 2. The van der Waals surface area contributed by atoms with Gasteiger partial charge < -0.3 is 20.5 Å². The standard InChI is InChI=1S/C24H26F2N4O2/c1-15(31)29-23(10-17-13-27-22-5-3-2-4-19(17)22)24(32)28-12-16-8-9-30(14-16)18-6-7-20(25)21(26)11-18/h2-7,11,13,16,23,27H,8-10,12,14H2,1H3,(H,28,32)(H,29,31). The predicted molar refractivity (Wildman–Crippen MR) is 119 cm³/mol. The first-order valence-corrected chi connectivity index (χ1v) is 10.7. The Balaban J connectivity index is 1.36. The average molecular weight is 440 g/mol. The Bertz CT molecular complexity index is 1130. The molecule has 1 saturated heterocycles. The Kier molecular flexibility index (Phi) is 6.39. The van der Waals surface area contributed by atoms with Gasteiger partial charge in [-0.15, -0.1) is 0 Å². The number of hydrogen-bond acceptors (Lipinski definition) is 3. The van der Waals surface area contributed by atoms with Gasteiger partial charge in [-0.3, -0.25) is 9.59 Å². The lowest BCUT2D eigenvalue weighted by Crippen LogP contribution is -2.48. The number of aromatic nitrogens is 1. The van der Waals surface area contributed by atoms with Crippen LogP contribution >= 0.6 is 0 Å². The maximum atomic E-state index is 13.5. The third-order valence-electron chi connectivity index (χ3n) is 5.91. The van der Waals surface area contributed by atoms with E-state index in [1.54, 1.807) is 6.07 Å². The van der Waals surface area contributed by atoms with Gasteiger partial charge in [-0.1, -0.05) is 18.2 Å². The number of H-pyrrole nitrogens is 1. The zero-order chi connectivity index (χ0) is 22.7. The number of benzene rings is 2. The minimum absolute atomic E-state index is 0.179. The lowest BCUT2D eigenvalue weighted by Gasteiger charge is -2.21. The van der Waals surface area contributed by atoms with Crippen LogP contribution in [0.25, 0.3) is 10.9 Å². The monoisotopic (exact) mass is 440 g/mol. The Morgan fingerprint density at radius 1 is 1.19 bits per heavy atom. The van der Waals surface area contributed by atoms with Crippen molar-refractivity contribution in [1.29, 1.82) is 0 Å². The number of halogens is 2. The highest BCUT2D eigenvalue weighted by molar-refractivity contribution is 5.89.